The first kappa shape index (κ1) is 7.02. The highest BCUT2D eigenvalue weighted by atomic mass is 16.4. The summed E-state index contributed by atoms with van der Waals surface area (Å²) in [6, 6.07) is -0.115. The number of aliphatic carboxylic acids is 1. The molecule has 3 heteroatoms. The van der Waals surface area contributed by atoms with E-state index in [9.17, 15) is 4.79 Å². The number of carboxylic acids is 1. The molecular weight excluding hydrogens is 130 g/mol. The summed E-state index contributed by atoms with van der Waals surface area (Å²) in [6.45, 7) is 0. The Morgan fingerprint density at radius 3 is 2.20 bits per heavy atom. The molecule has 0 spiro atoms. The Kier molecular flexibility index (Phi) is 1.87. The van der Waals surface area contributed by atoms with Crippen LogP contribution in [0.2, 0.25) is 0 Å². The van der Waals surface area contributed by atoms with Gasteiger partial charge in [0.25, 0.3) is 0 Å². The first-order valence-corrected chi connectivity index (χ1v) is 3.05. The smallest absolute Gasteiger partial charge is 0.314 e. The van der Waals surface area contributed by atoms with E-state index in [0.29, 0.717) is 0 Å². The van der Waals surface area contributed by atoms with Gasteiger partial charge >= 0.3 is 5.97 Å². The van der Waals surface area contributed by atoms with Crippen molar-refractivity contribution in [3.05, 3.63) is 24.3 Å². The van der Waals surface area contributed by atoms with E-state index in [1.807, 2.05) is 0 Å². The quantitative estimate of drug-likeness (QED) is 0.508. The van der Waals surface area contributed by atoms with Crippen molar-refractivity contribution in [3.63, 3.8) is 0 Å². The van der Waals surface area contributed by atoms with Crippen LogP contribution in [0.15, 0.2) is 24.3 Å². The second-order valence-corrected chi connectivity index (χ2v) is 2.21. The molecule has 0 amide bonds. The zero-order valence-corrected chi connectivity index (χ0v) is 5.40. The number of hydrogen-bond acceptors (Lipinski definition) is 2. The summed E-state index contributed by atoms with van der Waals surface area (Å²) in [5, 5.41) is 8.48. The van der Waals surface area contributed by atoms with Gasteiger partial charge in [0.2, 0.25) is 0 Å². The van der Waals surface area contributed by atoms with Crippen molar-refractivity contribution in [2.45, 2.75) is 6.04 Å². The van der Waals surface area contributed by atoms with Gasteiger partial charge in [0, 0.05) is 6.04 Å². The van der Waals surface area contributed by atoms with Gasteiger partial charge in [0.1, 0.15) is 0 Å². The highest BCUT2D eigenvalue weighted by Crippen LogP contribution is 2.07. The van der Waals surface area contributed by atoms with Crippen LogP contribution in [0.25, 0.3) is 0 Å². The van der Waals surface area contributed by atoms with Crippen LogP contribution in [-0.4, -0.2) is 17.1 Å². The number of nitrogens with two attached hydrogens (primary N) is 1. The molecule has 0 saturated carbocycles. The molecular formula is C7H9NO2. The van der Waals surface area contributed by atoms with Crippen molar-refractivity contribution in [2.24, 2.45) is 11.7 Å². The average molecular weight is 139 g/mol. The van der Waals surface area contributed by atoms with Crippen molar-refractivity contribution in [1.29, 1.82) is 0 Å². The Morgan fingerprint density at radius 1 is 1.30 bits per heavy atom. The fourth-order valence-corrected chi connectivity index (χ4v) is 0.789. The van der Waals surface area contributed by atoms with Gasteiger partial charge in [-0.1, -0.05) is 24.3 Å². The van der Waals surface area contributed by atoms with Gasteiger partial charge in [0.15, 0.2) is 0 Å². The van der Waals surface area contributed by atoms with Crippen LogP contribution in [0.5, 0.6) is 0 Å². The van der Waals surface area contributed by atoms with E-state index in [-0.39, 0.29) is 6.04 Å². The highest BCUT2D eigenvalue weighted by molar-refractivity contribution is 5.74. The second-order valence-electron chi connectivity index (χ2n) is 2.21. The third-order valence-electron chi connectivity index (χ3n) is 1.37. The van der Waals surface area contributed by atoms with Crippen LogP contribution in [0.3, 0.4) is 0 Å². The van der Waals surface area contributed by atoms with Crippen molar-refractivity contribution >= 4 is 5.97 Å². The van der Waals surface area contributed by atoms with E-state index >= 15 is 0 Å². The largest absolute Gasteiger partial charge is 0.481 e. The molecule has 1 aliphatic rings. The number of hydrogen-bond donors (Lipinski definition) is 2. The molecule has 0 fully saturated rings. The van der Waals surface area contributed by atoms with E-state index < -0.39 is 11.9 Å². The lowest BCUT2D eigenvalue weighted by Gasteiger charge is -2.08. The lowest BCUT2D eigenvalue weighted by atomic mass is 10.0. The topological polar surface area (TPSA) is 63.3 Å². The third kappa shape index (κ3) is 1.45. The van der Waals surface area contributed by atoms with Gasteiger partial charge in [-0.15, -0.1) is 0 Å². The highest BCUT2D eigenvalue weighted by Gasteiger charge is 2.12. The maximum absolute atomic E-state index is 10.3. The second kappa shape index (κ2) is 2.66. The van der Waals surface area contributed by atoms with Crippen molar-refractivity contribution in [3.8, 4) is 0 Å². The SMILES string of the molecule is NC1C=CC(C(=O)O)C=C1. The molecule has 0 atom stereocenters. The van der Waals surface area contributed by atoms with E-state index in [4.69, 9.17) is 10.8 Å². The molecule has 0 bridgehead atoms. The molecule has 0 radical (unpaired) electrons. The maximum Gasteiger partial charge on any atom is 0.314 e. The predicted octanol–water partition coefficient (Wildman–Crippen LogP) is 0.140. The summed E-state index contributed by atoms with van der Waals surface area (Å²) < 4.78 is 0. The Labute approximate surface area is 58.8 Å². The minimum Gasteiger partial charge on any atom is -0.481 e. The Balaban J connectivity index is 2.62. The minimum absolute atomic E-state index is 0.115. The van der Waals surface area contributed by atoms with E-state index in [2.05, 4.69) is 0 Å². The molecule has 0 aliphatic heterocycles. The lowest BCUT2D eigenvalue weighted by Crippen LogP contribution is -2.19. The molecule has 0 aromatic carbocycles. The molecule has 1 rings (SSSR count). The summed E-state index contributed by atoms with van der Waals surface area (Å²) in [5.74, 6) is -1.32. The van der Waals surface area contributed by atoms with Crippen molar-refractivity contribution < 1.29 is 9.90 Å². The summed E-state index contributed by atoms with van der Waals surface area (Å²) in [5.41, 5.74) is 5.43. The summed E-state index contributed by atoms with van der Waals surface area (Å²) >= 11 is 0. The average Bonchev–Trinajstić information content (AvgIpc) is 1.88. The third-order valence-corrected chi connectivity index (χ3v) is 1.37. The lowest BCUT2D eigenvalue weighted by molar-refractivity contribution is -0.138. The predicted molar refractivity (Wildman–Crippen MR) is 37.4 cm³/mol. The van der Waals surface area contributed by atoms with Gasteiger partial charge in [-0.3, -0.25) is 4.79 Å². The number of carboxylic acid groups (broad SMARTS) is 1. The van der Waals surface area contributed by atoms with Crippen LogP contribution >= 0.6 is 0 Å². The van der Waals surface area contributed by atoms with E-state index in [1.165, 1.54) is 0 Å². The molecule has 0 heterocycles. The molecule has 0 saturated heterocycles. The van der Waals surface area contributed by atoms with Gasteiger partial charge in [-0.05, 0) is 0 Å². The first-order chi connectivity index (χ1) is 4.70. The Bertz CT molecular complexity index is 182. The summed E-state index contributed by atoms with van der Waals surface area (Å²) in [6.07, 6.45) is 6.54. The molecule has 1 aliphatic carbocycles. The number of rotatable bonds is 1. The molecule has 10 heavy (non-hydrogen) atoms. The molecule has 0 unspecified atom stereocenters. The monoisotopic (exact) mass is 139 g/mol. The van der Waals surface area contributed by atoms with Crippen LogP contribution in [0, 0.1) is 5.92 Å². The fourth-order valence-electron chi connectivity index (χ4n) is 0.789. The van der Waals surface area contributed by atoms with E-state index in [0.717, 1.165) is 0 Å². The molecule has 0 aromatic heterocycles. The normalized spacial score (nSPS) is 30.5. The van der Waals surface area contributed by atoms with Gasteiger partial charge in [-0.2, -0.15) is 0 Å². The van der Waals surface area contributed by atoms with Gasteiger partial charge in [0.05, 0.1) is 5.92 Å². The van der Waals surface area contributed by atoms with Crippen LogP contribution in [-0.2, 0) is 4.79 Å². The zero-order valence-electron chi connectivity index (χ0n) is 5.40. The molecule has 3 nitrogen and oxygen atoms in total. The molecule has 3 N–H and O–H groups in total. The van der Waals surface area contributed by atoms with Gasteiger partial charge in [-0.25, -0.2) is 0 Å². The Morgan fingerprint density at radius 2 is 1.80 bits per heavy atom. The fraction of sp³-hybridized carbons (Fsp3) is 0.286. The molecule has 0 aromatic rings. The minimum atomic E-state index is -0.834. The summed E-state index contributed by atoms with van der Waals surface area (Å²) in [4.78, 5) is 10.3. The maximum atomic E-state index is 10.3. The number of carbonyl (C=O) groups is 1. The van der Waals surface area contributed by atoms with Crippen LogP contribution in [0.1, 0.15) is 0 Å². The first-order valence-electron chi connectivity index (χ1n) is 3.05. The summed E-state index contributed by atoms with van der Waals surface area (Å²) in [7, 11) is 0. The Hall–Kier alpha value is -1.09. The van der Waals surface area contributed by atoms with Crippen molar-refractivity contribution in [2.75, 3.05) is 0 Å². The standard InChI is InChI=1S/C7H9NO2/c8-6-3-1-5(2-4-6)7(9)10/h1-6H,8H2,(H,9,10). The zero-order chi connectivity index (χ0) is 7.56. The van der Waals surface area contributed by atoms with Gasteiger partial charge < -0.3 is 10.8 Å². The van der Waals surface area contributed by atoms with Crippen LogP contribution < -0.4 is 5.73 Å². The van der Waals surface area contributed by atoms with E-state index in [1.54, 1.807) is 24.3 Å². The van der Waals surface area contributed by atoms with Crippen molar-refractivity contribution in [1.82, 2.24) is 0 Å². The molecule has 54 valence electrons. The van der Waals surface area contributed by atoms with Crippen LogP contribution in [0.4, 0.5) is 0 Å².